The highest BCUT2D eigenvalue weighted by Crippen LogP contribution is 2.25. The van der Waals surface area contributed by atoms with Crippen LogP contribution in [0.3, 0.4) is 0 Å². The molecule has 1 amide bonds. The molecule has 0 bridgehead atoms. The minimum atomic E-state index is -0.495. The van der Waals surface area contributed by atoms with Crippen LogP contribution in [0, 0.1) is 21.4 Å². The molecule has 110 valence electrons. The predicted molar refractivity (Wildman–Crippen MR) is 78.3 cm³/mol. The molecular weight excluding hydrogens is 258 g/mol. The van der Waals surface area contributed by atoms with E-state index in [9.17, 15) is 14.9 Å². The molecule has 0 radical (unpaired) electrons. The Morgan fingerprint density at radius 1 is 1.45 bits per heavy atom. The van der Waals surface area contributed by atoms with Crippen molar-refractivity contribution in [3.8, 4) is 0 Å². The molecular formula is C14H21N3O3. The number of nitrogens with one attached hydrogen (secondary N) is 1. The summed E-state index contributed by atoms with van der Waals surface area (Å²) >= 11 is 0. The van der Waals surface area contributed by atoms with Crippen LogP contribution in [0.4, 0.5) is 11.4 Å². The lowest BCUT2D eigenvalue weighted by Gasteiger charge is -2.24. The summed E-state index contributed by atoms with van der Waals surface area (Å²) in [4.78, 5) is 22.3. The maximum atomic E-state index is 12.1. The Balaban J connectivity index is 2.78. The van der Waals surface area contributed by atoms with Gasteiger partial charge in [0.05, 0.1) is 10.8 Å². The minimum absolute atomic E-state index is 0.00986. The van der Waals surface area contributed by atoms with Crippen LogP contribution in [-0.4, -0.2) is 17.4 Å². The van der Waals surface area contributed by atoms with E-state index in [2.05, 4.69) is 5.32 Å². The van der Waals surface area contributed by atoms with Crippen LogP contribution in [0.5, 0.6) is 0 Å². The van der Waals surface area contributed by atoms with Gasteiger partial charge in [0.1, 0.15) is 0 Å². The first-order chi connectivity index (χ1) is 9.23. The van der Waals surface area contributed by atoms with Crippen molar-refractivity contribution in [1.82, 2.24) is 0 Å². The summed E-state index contributed by atoms with van der Waals surface area (Å²) in [5, 5.41) is 13.4. The fourth-order valence-electron chi connectivity index (χ4n) is 1.96. The van der Waals surface area contributed by atoms with E-state index in [-0.39, 0.29) is 29.5 Å². The van der Waals surface area contributed by atoms with Crippen molar-refractivity contribution in [3.05, 3.63) is 34.4 Å². The Bertz CT molecular complexity index is 495. The highest BCUT2D eigenvalue weighted by Gasteiger charge is 2.24. The number of nitro groups is 1. The van der Waals surface area contributed by atoms with Gasteiger partial charge >= 0.3 is 0 Å². The lowest BCUT2D eigenvalue weighted by Crippen LogP contribution is -2.32. The van der Waals surface area contributed by atoms with E-state index in [1.165, 1.54) is 18.2 Å². The Hall–Kier alpha value is -1.95. The molecule has 1 aromatic carbocycles. The Labute approximate surface area is 118 Å². The molecule has 0 aliphatic heterocycles. The van der Waals surface area contributed by atoms with E-state index in [0.717, 1.165) is 0 Å². The van der Waals surface area contributed by atoms with Crippen molar-refractivity contribution >= 4 is 17.3 Å². The van der Waals surface area contributed by atoms with Gasteiger partial charge < -0.3 is 11.1 Å². The predicted octanol–water partition coefficient (Wildman–Crippen LogP) is 2.54. The van der Waals surface area contributed by atoms with E-state index in [4.69, 9.17) is 5.73 Å². The zero-order valence-corrected chi connectivity index (χ0v) is 12.1. The van der Waals surface area contributed by atoms with Gasteiger partial charge in [-0.2, -0.15) is 0 Å². The molecule has 0 spiro atoms. The van der Waals surface area contributed by atoms with Crippen molar-refractivity contribution in [1.29, 1.82) is 0 Å². The fourth-order valence-corrected chi connectivity index (χ4v) is 1.96. The van der Waals surface area contributed by atoms with Gasteiger partial charge in [0, 0.05) is 24.4 Å². The normalized spacial score (nSPS) is 12.8. The smallest absolute Gasteiger partial charge is 0.271 e. The quantitative estimate of drug-likeness (QED) is 0.639. The summed E-state index contributed by atoms with van der Waals surface area (Å²) in [7, 11) is 0. The number of hydrogen-bond donors (Lipinski definition) is 2. The molecule has 0 saturated heterocycles. The molecule has 0 aliphatic carbocycles. The van der Waals surface area contributed by atoms with Crippen LogP contribution in [0.15, 0.2) is 24.3 Å². The summed E-state index contributed by atoms with van der Waals surface area (Å²) < 4.78 is 0. The summed E-state index contributed by atoms with van der Waals surface area (Å²) in [6.45, 7) is 6.36. The first-order valence-electron chi connectivity index (χ1n) is 6.48. The topological polar surface area (TPSA) is 98.3 Å². The zero-order valence-electron chi connectivity index (χ0n) is 12.1. The third kappa shape index (κ3) is 4.97. The highest BCUT2D eigenvalue weighted by atomic mass is 16.6. The van der Waals surface area contributed by atoms with E-state index in [1.807, 2.05) is 20.8 Å². The molecule has 20 heavy (non-hydrogen) atoms. The number of anilines is 1. The van der Waals surface area contributed by atoms with Gasteiger partial charge in [0.25, 0.3) is 5.69 Å². The van der Waals surface area contributed by atoms with Crippen molar-refractivity contribution in [2.45, 2.75) is 27.2 Å². The first kappa shape index (κ1) is 16.1. The number of rotatable bonds is 5. The molecule has 1 unspecified atom stereocenters. The standard InChI is InChI=1S/C14H21N3O3/c1-14(2,3)8-10(9-15)13(18)16-11-5-4-6-12(7-11)17(19)20/h4-7,10H,8-9,15H2,1-3H3,(H,16,18). The van der Waals surface area contributed by atoms with E-state index in [0.29, 0.717) is 12.1 Å². The first-order valence-corrected chi connectivity index (χ1v) is 6.48. The van der Waals surface area contributed by atoms with Gasteiger partial charge in [-0.3, -0.25) is 14.9 Å². The number of nitro benzene ring substituents is 1. The average molecular weight is 279 g/mol. The summed E-state index contributed by atoms with van der Waals surface area (Å²) in [6, 6.07) is 5.87. The van der Waals surface area contributed by atoms with E-state index >= 15 is 0 Å². The second-order valence-electron chi connectivity index (χ2n) is 5.99. The van der Waals surface area contributed by atoms with Crippen LogP contribution in [-0.2, 0) is 4.79 Å². The number of carbonyl (C=O) groups excluding carboxylic acids is 1. The lowest BCUT2D eigenvalue weighted by atomic mass is 9.84. The summed E-state index contributed by atoms with van der Waals surface area (Å²) in [5.41, 5.74) is 5.99. The zero-order chi connectivity index (χ0) is 15.3. The number of hydrogen-bond acceptors (Lipinski definition) is 4. The van der Waals surface area contributed by atoms with Gasteiger partial charge in [0.15, 0.2) is 0 Å². The lowest BCUT2D eigenvalue weighted by molar-refractivity contribution is -0.384. The van der Waals surface area contributed by atoms with E-state index < -0.39 is 4.92 Å². The Morgan fingerprint density at radius 2 is 2.10 bits per heavy atom. The second-order valence-corrected chi connectivity index (χ2v) is 5.99. The molecule has 6 heteroatoms. The van der Waals surface area contributed by atoms with Crippen LogP contribution < -0.4 is 11.1 Å². The fraction of sp³-hybridized carbons (Fsp3) is 0.500. The van der Waals surface area contributed by atoms with Crippen molar-refractivity contribution < 1.29 is 9.72 Å². The second kappa shape index (κ2) is 6.47. The molecule has 0 aliphatic rings. The SMILES string of the molecule is CC(C)(C)CC(CN)C(=O)Nc1cccc([N+](=O)[O-])c1. The van der Waals surface area contributed by atoms with Crippen molar-refractivity contribution in [2.24, 2.45) is 17.1 Å². The van der Waals surface area contributed by atoms with Gasteiger partial charge in [-0.1, -0.05) is 26.8 Å². The van der Waals surface area contributed by atoms with Crippen molar-refractivity contribution in [2.75, 3.05) is 11.9 Å². The largest absolute Gasteiger partial charge is 0.330 e. The van der Waals surface area contributed by atoms with Gasteiger partial charge in [-0.15, -0.1) is 0 Å². The maximum absolute atomic E-state index is 12.1. The van der Waals surface area contributed by atoms with E-state index in [1.54, 1.807) is 6.07 Å². The molecule has 0 fully saturated rings. The third-order valence-corrected chi connectivity index (χ3v) is 2.84. The number of carbonyl (C=O) groups is 1. The number of benzene rings is 1. The van der Waals surface area contributed by atoms with Crippen molar-refractivity contribution in [3.63, 3.8) is 0 Å². The Kier molecular flexibility index (Phi) is 5.21. The number of amides is 1. The minimum Gasteiger partial charge on any atom is -0.330 e. The average Bonchev–Trinajstić information content (AvgIpc) is 2.35. The number of non-ortho nitro benzene ring substituents is 1. The van der Waals surface area contributed by atoms with Crippen LogP contribution in [0.2, 0.25) is 0 Å². The van der Waals surface area contributed by atoms with Gasteiger partial charge in [-0.25, -0.2) is 0 Å². The molecule has 3 N–H and O–H groups in total. The maximum Gasteiger partial charge on any atom is 0.271 e. The van der Waals surface area contributed by atoms with Crippen LogP contribution >= 0.6 is 0 Å². The van der Waals surface area contributed by atoms with Gasteiger partial charge in [0.2, 0.25) is 5.91 Å². The molecule has 1 atom stereocenters. The number of nitrogens with zero attached hydrogens (tertiary/aromatic N) is 1. The molecule has 0 aromatic heterocycles. The molecule has 1 rings (SSSR count). The molecule has 1 aromatic rings. The summed E-state index contributed by atoms with van der Waals surface area (Å²) in [5.74, 6) is -0.516. The number of nitrogens with two attached hydrogens (primary N) is 1. The summed E-state index contributed by atoms with van der Waals surface area (Å²) in [6.07, 6.45) is 0.657. The Morgan fingerprint density at radius 3 is 2.60 bits per heavy atom. The molecule has 0 heterocycles. The third-order valence-electron chi connectivity index (χ3n) is 2.84. The highest BCUT2D eigenvalue weighted by molar-refractivity contribution is 5.93. The van der Waals surface area contributed by atoms with Gasteiger partial charge in [-0.05, 0) is 17.9 Å². The monoisotopic (exact) mass is 279 g/mol. The molecule has 0 saturated carbocycles. The van der Waals surface area contributed by atoms with Crippen LogP contribution in [0.25, 0.3) is 0 Å². The van der Waals surface area contributed by atoms with Crippen LogP contribution in [0.1, 0.15) is 27.2 Å². The molecule has 6 nitrogen and oxygen atoms in total.